The highest BCUT2D eigenvalue weighted by atomic mass is 16.5. The summed E-state index contributed by atoms with van der Waals surface area (Å²) in [6, 6.07) is 7.35. The van der Waals surface area contributed by atoms with Crippen molar-refractivity contribution in [3.63, 3.8) is 0 Å². The molecule has 0 aromatic heterocycles. The van der Waals surface area contributed by atoms with E-state index >= 15 is 0 Å². The molecule has 1 unspecified atom stereocenters. The zero-order valence-electron chi connectivity index (χ0n) is 10.8. The van der Waals surface area contributed by atoms with Gasteiger partial charge in [-0.2, -0.15) is 0 Å². The molecule has 3 N–H and O–H groups in total. The predicted octanol–water partition coefficient (Wildman–Crippen LogP) is 1.61. The number of hydrogen-bond acceptors (Lipinski definition) is 3. The minimum Gasteiger partial charge on any atom is -0.493 e. The number of carbonyl (C=O) groups excluding carboxylic acids is 1. The van der Waals surface area contributed by atoms with Crippen molar-refractivity contribution in [1.82, 2.24) is 5.32 Å². The molecule has 0 aliphatic carbocycles. The SMILES string of the molecule is CC(C)[C@H](N)C(=O)NC1CCOc2ccccc21. The van der Waals surface area contributed by atoms with Gasteiger partial charge in [-0.15, -0.1) is 0 Å². The maximum absolute atomic E-state index is 12.0. The molecule has 4 heteroatoms. The number of ether oxygens (including phenoxy) is 1. The number of amides is 1. The van der Waals surface area contributed by atoms with Crippen LogP contribution in [0.25, 0.3) is 0 Å². The normalized spacial score (nSPS) is 19.9. The molecule has 0 radical (unpaired) electrons. The van der Waals surface area contributed by atoms with Crippen LogP contribution in [0.5, 0.6) is 5.75 Å². The molecule has 0 fully saturated rings. The lowest BCUT2D eigenvalue weighted by atomic mass is 9.99. The number of hydrogen-bond donors (Lipinski definition) is 2. The molecular weight excluding hydrogens is 228 g/mol. The molecule has 2 atom stereocenters. The highest BCUT2D eigenvalue weighted by Gasteiger charge is 2.25. The minimum atomic E-state index is -0.458. The quantitative estimate of drug-likeness (QED) is 0.854. The van der Waals surface area contributed by atoms with Crippen LogP contribution in [0.15, 0.2) is 24.3 Å². The third kappa shape index (κ3) is 2.64. The van der Waals surface area contributed by atoms with Gasteiger partial charge in [-0.25, -0.2) is 0 Å². The van der Waals surface area contributed by atoms with Crippen molar-refractivity contribution < 1.29 is 9.53 Å². The van der Waals surface area contributed by atoms with E-state index < -0.39 is 6.04 Å². The van der Waals surface area contributed by atoms with Gasteiger partial charge in [-0.05, 0) is 12.0 Å². The standard InChI is InChI=1S/C14H20N2O2/c1-9(2)13(15)14(17)16-11-7-8-18-12-6-4-3-5-10(11)12/h3-6,9,11,13H,7-8,15H2,1-2H3,(H,16,17)/t11?,13-/m0/s1. The van der Waals surface area contributed by atoms with Crippen LogP contribution in [0.1, 0.15) is 31.9 Å². The average molecular weight is 248 g/mol. The van der Waals surface area contributed by atoms with Crippen LogP contribution in [-0.4, -0.2) is 18.6 Å². The van der Waals surface area contributed by atoms with E-state index in [1.807, 2.05) is 38.1 Å². The van der Waals surface area contributed by atoms with E-state index in [9.17, 15) is 4.79 Å². The van der Waals surface area contributed by atoms with Crippen molar-refractivity contribution in [3.05, 3.63) is 29.8 Å². The predicted molar refractivity (Wildman–Crippen MR) is 70.3 cm³/mol. The first-order valence-corrected chi connectivity index (χ1v) is 6.37. The van der Waals surface area contributed by atoms with Crippen LogP contribution in [0.3, 0.4) is 0 Å². The Morgan fingerprint density at radius 1 is 1.44 bits per heavy atom. The molecule has 18 heavy (non-hydrogen) atoms. The van der Waals surface area contributed by atoms with E-state index in [1.165, 1.54) is 0 Å². The number of rotatable bonds is 3. The van der Waals surface area contributed by atoms with E-state index in [0.717, 1.165) is 17.7 Å². The van der Waals surface area contributed by atoms with E-state index in [4.69, 9.17) is 10.5 Å². The molecule has 1 amide bonds. The Labute approximate surface area is 108 Å². The molecule has 98 valence electrons. The summed E-state index contributed by atoms with van der Waals surface area (Å²) in [4.78, 5) is 12.0. The van der Waals surface area contributed by atoms with Gasteiger partial charge in [0, 0.05) is 12.0 Å². The van der Waals surface area contributed by atoms with Gasteiger partial charge in [0.25, 0.3) is 0 Å². The smallest absolute Gasteiger partial charge is 0.237 e. The van der Waals surface area contributed by atoms with Crippen LogP contribution < -0.4 is 15.8 Å². The molecule has 1 aliphatic heterocycles. The monoisotopic (exact) mass is 248 g/mol. The van der Waals surface area contributed by atoms with Crippen LogP contribution in [0, 0.1) is 5.92 Å². The summed E-state index contributed by atoms with van der Waals surface area (Å²) >= 11 is 0. The fourth-order valence-electron chi connectivity index (χ4n) is 2.06. The summed E-state index contributed by atoms with van der Waals surface area (Å²) < 4.78 is 5.56. The van der Waals surface area contributed by atoms with Crippen molar-refractivity contribution in [3.8, 4) is 5.75 Å². The highest BCUT2D eigenvalue weighted by molar-refractivity contribution is 5.82. The topological polar surface area (TPSA) is 64.4 Å². The second-order valence-electron chi connectivity index (χ2n) is 5.01. The molecule has 4 nitrogen and oxygen atoms in total. The largest absolute Gasteiger partial charge is 0.493 e. The number of carbonyl (C=O) groups is 1. The van der Waals surface area contributed by atoms with Crippen molar-refractivity contribution >= 4 is 5.91 Å². The minimum absolute atomic E-state index is 0.00671. The van der Waals surface area contributed by atoms with Gasteiger partial charge in [0.1, 0.15) is 5.75 Å². The number of nitrogens with one attached hydrogen (secondary N) is 1. The first-order chi connectivity index (χ1) is 8.59. The number of fused-ring (bicyclic) bond motifs is 1. The lowest BCUT2D eigenvalue weighted by molar-refractivity contribution is -0.124. The molecule has 0 saturated carbocycles. The molecular formula is C14H20N2O2. The molecule has 2 rings (SSSR count). The summed E-state index contributed by atoms with van der Waals surface area (Å²) in [6.07, 6.45) is 0.785. The molecule has 0 spiro atoms. The third-order valence-corrected chi connectivity index (χ3v) is 3.30. The lowest BCUT2D eigenvalue weighted by Crippen LogP contribution is -2.46. The van der Waals surface area contributed by atoms with E-state index in [1.54, 1.807) is 0 Å². The zero-order valence-corrected chi connectivity index (χ0v) is 10.8. The Balaban J connectivity index is 2.10. The van der Waals surface area contributed by atoms with E-state index in [2.05, 4.69) is 5.32 Å². The second-order valence-corrected chi connectivity index (χ2v) is 5.01. The molecule has 1 aromatic rings. The molecule has 0 bridgehead atoms. The highest BCUT2D eigenvalue weighted by Crippen LogP contribution is 2.31. The van der Waals surface area contributed by atoms with Gasteiger partial charge in [-0.1, -0.05) is 32.0 Å². The van der Waals surface area contributed by atoms with Gasteiger partial charge in [0.2, 0.25) is 5.91 Å². The maximum Gasteiger partial charge on any atom is 0.237 e. The van der Waals surface area contributed by atoms with E-state index in [0.29, 0.717) is 6.61 Å². The van der Waals surface area contributed by atoms with Crippen molar-refractivity contribution in [1.29, 1.82) is 0 Å². The van der Waals surface area contributed by atoms with Gasteiger partial charge in [0.15, 0.2) is 0 Å². The second kappa shape index (κ2) is 5.40. The van der Waals surface area contributed by atoms with Crippen LogP contribution in [0.4, 0.5) is 0 Å². The number of nitrogens with two attached hydrogens (primary N) is 1. The van der Waals surface area contributed by atoms with Crippen molar-refractivity contribution in [2.45, 2.75) is 32.4 Å². The Morgan fingerprint density at radius 3 is 2.89 bits per heavy atom. The van der Waals surface area contributed by atoms with Crippen LogP contribution in [0.2, 0.25) is 0 Å². The lowest BCUT2D eigenvalue weighted by Gasteiger charge is -2.28. The molecule has 1 aromatic carbocycles. The molecule has 0 saturated heterocycles. The fourth-order valence-corrected chi connectivity index (χ4v) is 2.06. The number of benzene rings is 1. The average Bonchev–Trinajstić information content (AvgIpc) is 2.38. The Morgan fingerprint density at radius 2 is 2.17 bits per heavy atom. The fraction of sp³-hybridized carbons (Fsp3) is 0.500. The molecule has 1 heterocycles. The molecule has 1 aliphatic rings. The van der Waals surface area contributed by atoms with Gasteiger partial charge in [-0.3, -0.25) is 4.79 Å². The third-order valence-electron chi connectivity index (χ3n) is 3.30. The summed E-state index contributed by atoms with van der Waals surface area (Å²) in [7, 11) is 0. The first kappa shape index (κ1) is 12.9. The zero-order chi connectivity index (χ0) is 13.1. The Hall–Kier alpha value is -1.55. The van der Waals surface area contributed by atoms with Crippen LogP contribution in [-0.2, 0) is 4.79 Å². The first-order valence-electron chi connectivity index (χ1n) is 6.37. The van der Waals surface area contributed by atoms with Gasteiger partial charge in [0.05, 0.1) is 18.7 Å². The Kier molecular flexibility index (Phi) is 3.87. The van der Waals surface area contributed by atoms with Crippen LogP contribution >= 0.6 is 0 Å². The summed E-state index contributed by atoms with van der Waals surface area (Å²) in [6.45, 7) is 4.52. The van der Waals surface area contributed by atoms with Gasteiger partial charge < -0.3 is 15.8 Å². The summed E-state index contributed by atoms with van der Waals surface area (Å²) in [5, 5.41) is 3.01. The van der Waals surface area contributed by atoms with Crippen molar-refractivity contribution in [2.24, 2.45) is 11.7 Å². The Bertz CT molecular complexity index is 432. The number of para-hydroxylation sites is 1. The van der Waals surface area contributed by atoms with Gasteiger partial charge >= 0.3 is 0 Å². The van der Waals surface area contributed by atoms with E-state index in [-0.39, 0.29) is 17.9 Å². The maximum atomic E-state index is 12.0. The van der Waals surface area contributed by atoms with Crippen molar-refractivity contribution in [2.75, 3.05) is 6.61 Å². The summed E-state index contributed by atoms with van der Waals surface area (Å²) in [5.74, 6) is 0.902. The summed E-state index contributed by atoms with van der Waals surface area (Å²) in [5.41, 5.74) is 6.89.